The topological polar surface area (TPSA) is 40.5 Å². The molecule has 0 saturated heterocycles. The highest BCUT2D eigenvalue weighted by molar-refractivity contribution is 5.48. The van der Waals surface area contributed by atoms with Gasteiger partial charge in [-0.3, -0.25) is 0 Å². The van der Waals surface area contributed by atoms with Crippen molar-refractivity contribution < 1.29 is 10.2 Å². The Kier molecular flexibility index (Phi) is 2.38. The van der Waals surface area contributed by atoms with Gasteiger partial charge in [-0.2, -0.15) is 0 Å². The molecule has 0 fully saturated rings. The van der Waals surface area contributed by atoms with Gasteiger partial charge in [0.1, 0.15) is 11.5 Å². The van der Waals surface area contributed by atoms with Crippen LogP contribution in [-0.4, -0.2) is 10.2 Å². The molecule has 0 amide bonds. The van der Waals surface area contributed by atoms with Crippen LogP contribution in [0.1, 0.15) is 11.1 Å². The number of rotatable bonds is 2. The van der Waals surface area contributed by atoms with E-state index in [1.54, 1.807) is 25.1 Å². The van der Waals surface area contributed by atoms with Crippen LogP contribution in [0.2, 0.25) is 0 Å². The van der Waals surface area contributed by atoms with E-state index in [1.807, 2.05) is 0 Å². The molecule has 0 aromatic heterocycles. The summed E-state index contributed by atoms with van der Waals surface area (Å²) in [6.45, 7) is 5.25. The van der Waals surface area contributed by atoms with Gasteiger partial charge in [-0.1, -0.05) is 12.1 Å². The predicted octanol–water partition coefficient (Wildman–Crippen LogP) is 2.13. The molecule has 0 aliphatic rings. The number of phenolic OH excluding ortho intramolecular Hbond substituents is 2. The molecule has 64 valence electrons. The molecule has 1 aromatic rings. The third-order valence-corrected chi connectivity index (χ3v) is 1.85. The van der Waals surface area contributed by atoms with Crippen molar-refractivity contribution in [1.29, 1.82) is 0 Å². The molecule has 0 radical (unpaired) electrons. The first kappa shape index (κ1) is 8.65. The molecule has 0 spiro atoms. The van der Waals surface area contributed by atoms with Crippen molar-refractivity contribution in [3.63, 3.8) is 0 Å². The standard InChI is InChI=1S/C10H12O2/c1-3-4-8-5-6-9(11)7(2)10(8)12/h3,5-6,11-12H,1,4H2,2H3. The largest absolute Gasteiger partial charge is 0.508 e. The van der Waals surface area contributed by atoms with Crippen LogP contribution in [0.4, 0.5) is 0 Å². The van der Waals surface area contributed by atoms with E-state index in [0.717, 1.165) is 5.56 Å². The molecule has 0 bridgehead atoms. The Morgan fingerprint density at radius 3 is 2.67 bits per heavy atom. The molecule has 2 N–H and O–H groups in total. The van der Waals surface area contributed by atoms with Crippen molar-refractivity contribution in [2.45, 2.75) is 13.3 Å². The highest BCUT2D eigenvalue weighted by Gasteiger charge is 2.05. The van der Waals surface area contributed by atoms with Gasteiger partial charge in [-0.25, -0.2) is 0 Å². The van der Waals surface area contributed by atoms with Crippen molar-refractivity contribution in [1.82, 2.24) is 0 Å². The summed E-state index contributed by atoms with van der Waals surface area (Å²) in [7, 11) is 0. The highest BCUT2D eigenvalue weighted by atomic mass is 16.3. The van der Waals surface area contributed by atoms with Gasteiger partial charge in [-0.05, 0) is 25.0 Å². The van der Waals surface area contributed by atoms with Crippen molar-refractivity contribution in [2.75, 3.05) is 0 Å². The Labute approximate surface area is 71.8 Å². The van der Waals surface area contributed by atoms with Gasteiger partial charge in [-0.15, -0.1) is 6.58 Å². The van der Waals surface area contributed by atoms with E-state index in [4.69, 9.17) is 0 Å². The molecule has 0 aliphatic carbocycles. The lowest BCUT2D eigenvalue weighted by Gasteiger charge is -2.06. The second kappa shape index (κ2) is 3.30. The lowest BCUT2D eigenvalue weighted by molar-refractivity contribution is 0.439. The first-order valence-electron chi connectivity index (χ1n) is 3.78. The predicted molar refractivity (Wildman–Crippen MR) is 48.4 cm³/mol. The fourth-order valence-electron chi connectivity index (χ4n) is 1.07. The summed E-state index contributed by atoms with van der Waals surface area (Å²) >= 11 is 0. The van der Waals surface area contributed by atoms with Gasteiger partial charge >= 0.3 is 0 Å². The lowest BCUT2D eigenvalue weighted by atomic mass is 10.1. The highest BCUT2D eigenvalue weighted by Crippen LogP contribution is 2.29. The zero-order chi connectivity index (χ0) is 9.14. The maximum Gasteiger partial charge on any atom is 0.125 e. The minimum atomic E-state index is 0.125. The third-order valence-electron chi connectivity index (χ3n) is 1.85. The molecule has 1 aromatic carbocycles. The van der Waals surface area contributed by atoms with Gasteiger partial charge in [0.2, 0.25) is 0 Å². The van der Waals surface area contributed by atoms with Crippen LogP contribution in [0.5, 0.6) is 11.5 Å². The average Bonchev–Trinajstić information content (AvgIpc) is 2.07. The van der Waals surface area contributed by atoms with E-state index < -0.39 is 0 Å². The first-order valence-corrected chi connectivity index (χ1v) is 3.78. The zero-order valence-corrected chi connectivity index (χ0v) is 7.04. The van der Waals surface area contributed by atoms with Crippen LogP contribution >= 0.6 is 0 Å². The van der Waals surface area contributed by atoms with Crippen LogP contribution < -0.4 is 0 Å². The van der Waals surface area contributed by atoms with Crippen molar-refractivity contribution in [3.8, 4) is 11.5 Å². The smallest absolute Gasteiger partial charge is 0.125 e. The second-order valence-corrected chi connectivity index (χ2v) is 2.71. The van der Waals surface area contributed by atoms with E-state index in [1.165, 1.54) is 0 Å². The number of hydrogen-bond acceptors (Lipinski definition) is 2. The summed E-state index contributed by atoms with van der Waals surface area (Å²) in [4.78, 5) is 0. The fraction of sp³-hybridized carbons (Fsp3) is 0.200. The number of aromatic hydroxyl groups is 2. The molecule has 0 aliphatic heterocycles. The maximum atomic E-state index is 9.50. The number of benzene rings is 1. The second-order valence-electron chi connectivity index (χ2n) is 2.71. The maximum absolute atomic E-state index is 9.50. The first-order chi connectivity index (χ1) is 5.66. The molecule has 2 nitrogen and oxygen atoms in total. The summed E-state index contributed by atoms with van der Waals surface area (Å²) in [5, 5.41) is 18.7. The van der Waals surface area contributed by atoms with Gasteiger partial charge in [0.15, 0.2) is 0 Å². The van der Waals surface area contributed by atoms with Crippen LogP contribution in [0.3, 0.4) is 0 Å². The minimum absolute atomic E-state index is 0.125. The Hall–Kier alpha value is -1.44. The monoisotopic (exact) mass is 164 g/mol. The molecule has 1 rings (SSSR count). The van der Waals surface area contributed by atoms with E-state index >= 15 is 0 Å². The third kappa shape index (κ3) is 1.42. The van der Waals surface area contributed by atoms with E-state index in [2.05, 4.69) is 6.58 Å². The van der Waals surface area contributed by atoms with Gasteiger partial charge in [0.05, 0.1) is 0 Å². The minimum Gasteiger partial charge on any atom is -0.508 e. The lowest BCUT2D eigenvalue weighted by Crippen LogP contribution is -1.85. The Morgan fingerprint density at radius 2 is 2.08 bits per heavy atom. The number of phenols is 2. The van der Waals surface area contributed by atoms with Gasteiger partial charge in [0.25, 0.3) is 0 Å². The van der Waals surface area contributed by atoms with Crippen molar-refractivity contribution in [2.24, 2.45) is 0 Å². The molecule has 0 saturated carbocycles. The molecular formula is C10H12O2. The van der Waals surface area contributed by atoms with E-state index in [0.29, 0.717) is 12.0 Å². The SMILES string of the molecule is C=CCc1ccc(O)c(C)c1O. The van der Waals surface area contributed by atoms with E-state index in [9.17, 15) is 10.2 Å². The summed E-state index contributed by atoms with van der Waals surface area (Å²) in [5.74, 6) is 0.287. The Morgan fingerprint density at radius 1 is 1.42 bits per heavy atom. The van der Waals surface area contributed by atoms with Crippen molar-refractivity contribution in [3.05, 3.63) is 35.9 Å². The van der Waals surface area contributed by atoms with Gasteiger partial charge < -0.3 is 10.2 Å². The van der Waals surface area contributed by atoms with E-state index in [-0.39, 0.29) is 11.5 Å². The quantitative estimate of drug-likeness (QED) is 0.657. The average molecular weight is 164 g/mol. The molecule has 0 unspecified atom stereocenters. The summed E-state index contributed by atoms with van der Waals surface area (Å²) < 4.78 is 0. The zero-order valence-electron chi connectivity index (χ0n) is 7.04. The summed E-state index contributed by atoms with van der Waals surface area (Å²) in [6, 6.07) is 3.27. The normalized spacial score (nSPS) is 9.75. The number of allylic oxidation sites excluding steroid dienone is 1. The van der Waals surface area contributed by atoms with Crippen LogP contribution in [0.15, 0.2) is 24.8 Å². The van der Waals surface area contributed by atoms with Crippen LogP contribution in [-0.2, 0) is 6.42 Å². The Bertz CT molecular complexity index is 303. The van der Waals surface area contributed by atoms with Crippen molar-refractivity contribution >= 4 is 0 Å². The molecule has 2 heteroatoms. The fourth-order valence-corrected chi connectivity index (χ4v) is 1.07. The summed E-state index contributed by atoms with van der Waals surface area (Å²) in [6.07, 6.45) is 2.33. The van der Waals surface area contributed by atoms with Gasteiger partial charge in [0, 0.05) is 5.56 Å². The van der Waals surface area contributed by atoms with Crippen LogP contribution in [0.25, 0.3) is 0 Å². The number of hydrogen-bond donors (Lipinski definition) is 2. The Balaban J connectivity index is 3.16. The summed E-state index contributed by atoms with van der Waals surface area (Å²) in [5.41, 5.74) is 1.31. The molecule has 12 heavy (non-hydrogen) atoms. The molecule has 0 atom stereocenters. The molecular weight excluding hydrogens is 152 g/mol. The molecule has 0 heterocycles. The van der Waals surface area contributed by atoms with Crippen LogP contribution in [0, 0.1) is 6.92 Å².